The zero-order valence-electron chi connectivity index (χ0n) is 15.0. The van der Waals surface area contributed by atoms with Crippen molar-refractivity contribution in [2.75, 3.05) is 5.32 Å². The van der Waals surface area contributed by atoms with Crippen LogP contribution in [0.5, 0.6) is 5.75 Å². The normalized spacial score (nSPS) is 11.7. The molecular weight excluding hydrogens is 352 g/mol. The average molecular weight is 372 g/mol. The Morgan fingerprint density at radius 2 is 2.04 bits per heavy atom. The number of carbonyl (C=O) groups is 1. The lowest BCUT2D eigenvalue weighted by molar-refractivity contribution is -0.116. The number of aromatic hydroxyl groups is 1. The van der Waals surface area contributed by atoms with Crippen molar-refractivity contribution in [1.82, 2.24) is 14.5 Å². The maximum absolute atomic E-state index is 12.6. The minimum absolute atomic E-state index is 0.0197. The van der Waals surface area contributed by atoms with Gasteiger partial charge in [-0.2, -0.15) is 0 Å². The van der Waals surface area contributed by atoms with E-state index in [0.717, 1.165) is 5.69 Å². The van der Waals surface area contributed by atoms with Gasteiger partial charge in [-0.1, -0.05) is 20.8 Å². The average Bonchev–Trinajstić information content (AvgIpc) is 3.01. The lowest BCUT2D eigenvalue weighted by atomic mass is 9.93. The predicted octanol–water partition coefficient (Wildman–Crippen LogP) is 2.80. The number of thiazole rings is 1. The highest BCUT2D eigenvalue weighted by Crippen LogP contribution is 2.26. The summed E-state index contributed by atoms with van der Waals surface area (Å²) >= 11 is 1.35. The molecule has 0 aliphatic heterocycles. The summed E-state index contributed by atoms with van der Waals surface area (Å²) in [6, 6.07) is 4.41. The van der Waals surface area contributed by atoms with E-state index in [4.69, 9.17) is 0 Å². The van der Waals surface area contributed by atoms with Crippen LogP contribution in [0.25, 0.3) is 10.9 Å². The van der Waals surface area contributed by atoms with Gasteiger partial charge in [-0.05, 0) is 25.1 Å². The van der Waals surface area contributed by atoms with Gasteiger partial charge in [0.1, 0.15) is 18.1 Å². The summed E-state index contributed by atoms with van der Waals surface area (Å²) in [6.07, 6.45) is 0. The molecule has 8 heteroatoms. The molecule has 7 nitrogen and oxygen atoms in total. The third kappa shape index (κ3) is 3.60. The summed E-state index contributed by atoms with van der Waals surface area (Å²) in [5, 5.41) is 15.0. The topological polar surface area (TPSA) is 97.1 Å². The SMILES string of the molecule is Cc1nc2ccc(O)cc2c(=O)n1CC(=O)Nc1nc(C(C)(C)C)cs1. The molecule has 2 N–H and O–H groups in total. The summed E-state index contributed by atoms with van der Waals surface area (Å²) in [5.41, 5.74) is 0.913. The lowest BCUT2D eigenvalue weighted by Gasteiger charge is -2.14. The molecule has 2 aromatic heterocycles. The lowest BCUT2D eigenvalue weighted by Crippen LogP contribution is -2.30. The van der Waals surface area contributed by atoms with Crippen LogP contribution in [0.2, 0.25) is 0 Å². The van der Waals surface area contributed by atoms with Crippen molar-refractivity contribution >= 4 is 33.3 Å². The van der Waals surface area contributed by atoms with Gasteiger partial charge in [0.2, 0.25) is 5.91 Å². The van der Waals surface area contributed by atoms with E-state index in [0.29, 0.717) is 16.5 Å². The molecule has 0 saturated heterocycles. The number of hydrogen-bond donors (Lipinski definition) is 2. The van der Waals surface area contributed by atoms with Gasteiger partial charge in [-0.25, -0.2) is 9.97 Å². The van der Waals surface area contributed by atoms with E-state index >= 15 is 0 Å². The quantitative estimate of drug-likeness (QED) is 0.737. The molecule has 26 heavy (non-hydrogen) atoms. The maximum Gasteiger partial charge on any atom is 0.261 e. The molecule has 0 saturated carbocycles. The first-order valence-corrected chi connectivity index (χ1v) is 8.99. The summed E-state index contributed by atoms with van der Waals surface area (Å²) < 4.78 is 1.29. The van der Waals surface area contributed by atoms with Crippen molar-refractivity contribution < 1.29 is 9.90 Å². The molecule has 0 unspecified atom stereocenters. The molecule has 3 aromatic rings. The molecule has 136 valence electrons. The zero-order chi connectivity index (χ0) is 19.1. The number of hydrogen-bond acceptors (Lipinski definition) is 6. The fraction of sp³-hybridized carbons (Fsp3) is 0.333. The smallest absolute Gasteiger partial charge is 0.261 e. The first kappa shape index (κ1) is 18.1. The van der Waals surface area contributed by atoms with Crippen LogP contribution in [0.3, 0.4) is 0 Å². The molecule has 1 amide bonds. The van der Waals surface area contributed by atoms with E-state index in [2.05, 4.69) is 15.3 Å². The molecule has 3 rings (SSSR count). The van der Waals surface area contributed by atoms with Gasteiger partial charge in [0, 0.05) is 10.8 Å². The van der Waals surface area contributed by atoms with Crippen molar-refractivity contribution in [1.29, 1.82) is 0 Å². The Bertz CT molecular complexity index is 1050. The number of phenolic OH excluding ortho intramolecular Hbond substituents is 1. The monoisotopic (exact) mass is 372 g/mol. The van der Waals surface area contributed by atoms with Crippen LogP contribution in [0.4, 0.5) is 5.13 Å². The van der Waals surface area contributed by atoms with E-state index in [-0.39, 0.29) is 34.6 Å². The molecule has 0 aliphatic carbocycles. The number of amides is 1. The number of phenols is 1. The second-order valence-electron chi connectivity index (χ2n) is 7.09. The highest BCUT2D eigenvalue weighted by Gasteiger charge is 2.19. The minimum Gasteiger partial charge on any atom is -0.508 e. The number of fused-ring (bicyclic) bond motifs is 1. The van der Waals surface area contributed by atoms with Crippen molar-refractivity contribution in [2.24, 2.45) is 0 Å². The van der Waals surface area contributed by atoms with Gasteiger partial charge in [0.15, 0.2) is 5.13 Å². The predicted molar refractivity (Wildman–Crippen MR) is 102 cm³/mol. The number of benzene rings is 1. The Kier molecular flexibility index (Phi) is 4.53. The Labute approximate surface area is 154 Å². The Morgan fingerprint density at radius 3 is 2.69 bits per heavy atom. The number of anilines is 1. The van der Waals surface area contributed by atoms with Crippen LogP contribution in [0.1, 0.15) is 32.3 Å². The summed E-state index contributed by atoms with van der Waals surface area (Å²) in [7, 11) is 0. The fourth-order valence-electron chi connectivity index (χ4n) is 2.48. The number of nitrogens with zero attached hydrogens (tertiary/aromatic N) is 3. The molecule has 2 heterocycles. The Balaban J connectivity index is 1.85. The molecule has 0 radical (unpaired) electrons. The summed E-state index contributed by atoms with van der Waals surface area (Å²) in [4.78, 5) is 33.8. The van der Waals surface area contributed by atoms with Crippen molar-refractivity contribution in [3.05, 3.63) is 45.5 Å². The maximum atomic E-state index is 12.6. The molecule has 0 fully saturated rings. The molecule has 1 aromatic carbocycles. The number of nitrogens with one attached hydrogen (secondary N) is 1. The molecule has 0 spiro atoms. The van der Waals surface area contributed by atoms with Crippen LogP contribution >= 0.6 is 11.3 Å². The van der Waals surface area contributed by atoms with Gasteiger partial charge in [0.05, 0.1) is 16.6 Å². The van der Waals surface area contributed by atoms with Gasteiger partial charge < -0.3 is 10.4 Å². The number of aromatic nitrogens is 3. The van der Waals surface area contributed by atoms with Crippen LogP contribution in [0.15, 0.2) is 28.4 Å². The number of aryl methyl sites for hydroxylation is 1. The van der Waals surface area contributed by atoms with E-state index in [1.54, 1.807) is 13.0 Å². The molecular formula is C18H20N4O3S. The van der Waals surface area contributed by atoms with Crippen LogP contribution in [-0.2, 0) is 16.8 Å². The highest BCUT2D eigenvalue weighted by atomic mass is 32.1. The van der Waals surface area contributed by atoms with Crippen LogP contribution < -0.4 is 10.9 Å². The van der Waals surface area contributed by atoms with Gasteiger partial charge >= 0.3 is 0 Å². The van der Waals surface area contributed by atoms with E-state index in [9.17, 15) is 14.7 Å². The number of carbonyl (C=O) groups excluding carboxylic acids is 1. The third-order valence-corrected chi connectivity index (χ3v) is 4.71. The van der Waals surface area contributed by atoms with Crippen LogP contribution in [0, 0.1) is 6.92 Å². The second kappa shape index (κ2) is 6.53. The van der Waals surface area contributed by atoms with E-state index in [1.807, 2.05) is 26.2 Å². The van der Waals surface area contributed by atoms with Gasteiger partial charge in [-0.15, -0.1) is 11.3 Å². The van der Waals surface area contributed by atoms with Gasteiger partial charge in [0.25, 0.3) is 5.56 Å². The van der Waals surface area contributed by atoms with Crippen LogP contribution in [-0.4, -0.2) is 25.5 Å². The zero-order valence-corrected chi connectivity index (χ0v) is 15.8. The van der Waals surface area contributed by atoms with E-state index in [1.165, 1.54) is 28.0 Å². The van der Waals surface area contributed by atoms with Crippen molar-refractivity contribution in [3.8, 4) is 5.75 Å². The largest absolute Gasteiger partial charge is 0.508 e. The van der Waals surface area contributed by atoms with Gasteiger partial charge in [-0.3, -0.25) is 14.2 Å². The molecule has 0 bridgehead atoms. The second-order valence-corrected chi connectivity index (χ2v) is 7.95. The third-order valence-electron chi connectivity index (χ3n) is 3.95. The Morgan fingerprint density at radius 1 is 1.31 bits per heavy atom. The standard InChI is InChI=1S/C18H20N4O3S/c1-10-19-13-6-5-11(23)7-12(13)16(25)22(10)8-15(24)21-17-20-14(9-26-17)18(2,3)4/h5-7,9,23H,8H2,1-4H3,(H,20,21,24). The first-order chi connectivity index (χ1) is 12.1. The molecule has 0 aliphatic rings. The minimum atomic E-state index is -0.368. The highest BCUT2D eigenvalue weighted by molar-refractivity contribution is 7.13. The van der Waals surface area contributed by atoms with Crippen molar-refractivity contribution in [2.45, 2.75) is 39.7 Å². The van der Waals surface area contributed by atoms with Crippen molar-refractivity contribution in [3.63, 3.8) is 0 Å². The summed E-state index contributed by atoms with van der Waals surface area (Å²) in [6.45, 7) is 7.64. The summed E-state index contributed by atoms with van der Waals surface area (Å²) in [5.74, 6) is 0.0536. The fourth-order valence-corrected chi connectivity index (χ4v) is 3.44. The molecule has 0 atom stereocenters. The first-order valence-electron chi connectivity index (χ1n) is 8.11. The Hall–Kier alpha value is -2.74. The van der Waals surface area contributed by atoms with E-state index < -0.39 is 0 Å². The number of rotatable bonds is 3.